The monoisotopic (exact) mass is 308 g/mol. The minimum Gasteiger partial charge on any atom is -0.295 e. The largest absolute Gasteiger partial charge is 0.295 e. The highest BCUT2D eigenvalue weighted by Crippen LogP contribution is 2.35. The van der Waals surface area contributed by atoms with Crippen molar-refractivity contribution in [2.24, 2.45) is 5.41 Å². The van der Waals surface area contributed by atoms with E-state index in [-0.39, 0.29) is 5.41 Å². The third-order valence-corrected chi connectivity index (χ3v) is 4.57. The van der Waals surface area contributed by atoms with Gasteiger partial charge < -0.3 is 0 Å². The van der Waals surface area contributed by atoms with Gasteiger partial charge in [0, 0.05) is 6.42 Å². The van der Waals surface area contributed by atoms with Crippen LogP contribution < -0.4 is 0 Å². The van der Waals surface area contributed by atoms with Crippen LogP contribution in [0.4, 0.5) is 0 Å². The summed E-state index contributed by atoms with van der Waals surface area (Å²) in [7, 11) is 0. The first-order valence-corrected chi connectivity index (χ1v) is 9.61. The number of hydrogen-bond acceptors (Lipinski definition) is 1. The van der Waals surface area contributed by atoms with Crippen LogP contribution >= 0.6 is 0 Å². The second kappa shape index (κ2) is 12.9. The predicted molar refractivity (Wildman–Crippen MR) is 99.3 cm³/mol. The lowest BCUT2D eigenvalue weighted by molar-refractivity contribution is -0.116. The quantitative estimate of drug-likeness (QED) is 0.244. The van der Waals surface area contributed by atoms with Crippen molar-refractivity contribution in [1.82, 2.24) is 0 Å². The van der Waals surface area contributed by atoms with Gasteiger partial charge in [0.15, 0.2) is 5.78 Å². The van der Waals surface area contributed by atoms with E-state index >= 15 is 0 Å². The van der Waals surface area contributed by atoms with E-state index in [0.29, 0.717) is 5.78 Å². The molecule has 1 unspecified atom stereocenters. The number of unbranched alkanes of at least 4 members (excludes halogenated alkanes) is 7. The van der Waals surface area contributed by atoms with E-state index in [0.717, 1.165) is 12.0 Å². The second-order valence-electron chi connectivity index (χ2n) is 7.65. The van der Waals surface area contributed by atoms with Gasteiger partial charge in [-0.15, -0.1) is 0 Å². The summed E-state index contributed by atoms with van der Waals surface area (Å²) < 4.78 is 0. The lowest BCUT2D eigenvalue weighted by Crippen LogP contribution is -2.20. The normalized spacial score (nSPS) is 13.7. The van der Waals surface area contributed by atoms with E-state index in [1.54, 1.807) is 0 Å². The van der Waals surface area contributed by atoms with Crippen LogP contribution in [0, 0.1) is 5.41 Å². The second-order valence-corrected chi connectivity index (χ2v) is 7.65. The van der Waals surface area contributed by atoms with Crippen LogP contribution in [0.2, 0.25) is 0 Å². The van der Waals surface area contributed by atoms with Crippen molar-refractivity contribution in [1.29, 1.82) is 0 Å². The van der Waals surface area contributed by atoms with Crippen molar-refractivity contribution in [2.45, 2.75) is 112 Å². The Kier molecular flexibility index (Phi) is 12.6. The summed E-state index contributed by atoms with van der Waals surface area (Å²) in [6.45, 7) is 10.9. The molecule has 0 bridgehead atoms. The van der Waals surface area contributed by atoms with E-state index in [2.05, 4.69) is 20.8 Å². The fraction of sp³-hybridized carbons (Fsp3) is 0.857. The molecule has 0 rings (SSSR count). The molecule has 0 saturated carbocycles. The van der Waals surface area contributed by atoms with Crippen molar-refractivity contribution < 1.29 is 4.79 Å². The van der Waals surface area contributed by atoms with Crippen LogP contribution in [-0.2, 0) is 4.79 Å². The van der Waals surface area contributed by atoms with Gasteiger partial charge in [0.05, 0.1) is 0 Å². The van der Waals surface area contributed by atoms with Crippen LogP contribution in [0.5, 0.6) is 0 Å². The summed E-state index contributed by atoms with van der Waals surface area (Å²) in [5.74, 6) is 0.326. The minimum atomic E-state index is 0.211. The molecule has 0 spiro atoms. The van der Waals surface area contributed by atoms with E-state index in [1.165, 1.54) is 70.6 Å². The molecule has 130 valence electrons. The predicted octanol–water partition coefficient (Wildman–Crippen LogP) is 7.25. The van der Waals surface area contributed by atoms with Gasteiger partial charge in [-0.2, -0.15) is 0 Å². The fourth-order valence-corrected chi connectivity index (χ4v) is 3.23. The molecule has 0 aromatic carbocycles. The highest BCUT2D eigenvalue weighted by Gasteiger charge is 2.25. The molecule has 0 saturated heterocycles. The molecule has 0 radical (unpaired) electrons. The first kappa shape index (κ1) is 21.4. The Labute approximate surface area is 140 Å². The summed E-state index contributed by atoms with van der Waals surface area (Å²) in [6.07, 6.45) is 16.8. The molecule has 0 heterocycles. The highest BCUT2D eigenvalue weighted by atomic mass is 16.1. The van der Waals surface area contributed by atoms with Crippen molar-refractivity contribution in [3.05, 3.63) is 11.6 Å². The molecule has 1 nitrogen and oxygen atoms in total. The molecule has 1 atom stereocenters. The number of allylic oxidation sites excluding steroid dienone is 2. The van der Waals surface area contributed by atoms with Crippen molar-refractivity contribution in [3.8, 4) is 0 Å². The van der Waals surface area contributed by atoms with E-state index in [9.17, 15) is 4.79 Å². The average Bonchev–Trinajstić information content (AvgIpc) is 2.42. The number of carbonyl (C=O) groups is 1. The standard InChI is InChI=1S/C21H40O/c1-6-8-10-12-14-16-21(5,15-13-11-9-7-2)18-20(22)17-19(3)4/h17H,6-16,18H2,1-5H3. The van der Waals surface area contributed by atoms with Gasteiger partial charge in [-0.05, 0) is 38.2 Å². The Morgan fingerprint density at radius 3 is 1.73 bits per heavy atom. The Hall–Kier alpha value is -0.590. The van der Waals surface area contributed by atoms with Gasteiger partial charge in [-0.3, -0.25) is 4.79 Å². The third-order valence-electron chi connectivity index (χ3n) is 4.57. The summed E-state index contributed by atoms with van der Waals surface area (Å²) in [5.41, 5.74) is 1.34. The summed E-state index contributed by atoms with van der Waals surface area (Å²) >= 11 is 0. The lowest BCUT2D eigenvalue weighted by atomic mass is 9.75. The van der Waals surface area contributed by atoms with Gasteiger partial charge in [-0.1, -0.05) is 84.1 Å². The maximum atomic E-state index is 12.2. The molecular formula is C21H40O. The summed E-state index contributed by atoms with van der Waals surface area (Å²) in [5, 5.41) is 0. The molecule has 0 amide bonds. The van der Waals surface area contributed by atoms with Gasteiger partial charge in [0.2, 0.25) is 0 Å². The Morgan fingerprint density at radius 1 is 0.818 bits per heavy atom. The molecule has 1 heteroatoms. The smallest absolute Gasteiger partial charge is 0.156 e. The van der Waals surface area contributed by atoms with Gasteiger partial charge in [0.1, 0.15) is 0 Å². The first-order valence-electron chi connectivity index (χ1n) is 9.61. The molecule has 22 heavy (non-hydrogen) atoms. The molecule has 0 aliphatic heterocycles. The maximum Gasteiger partial charge on any atom is 0.156 e. The number of ketones is 1. The maximum absolute atomic E-state index is 12.2. The zero-order chi connectivity index (χ0) is 16.8. The highest BCUT2D eigenvalue weighted by molar-refractivity contribution is 5.90. The van der Waals surface area contributed by atoms with Gasteiger partial charge in [-0.25, -0.2) is 0 Å². The number of carbonyl (C=O) groups excluding carboxylic acids is 1. The van der Waals surface area contributed by atoms with Crippen molar-refractivity contribution in [2.75, 3.05) is 0 Å². The number of rotatable bonds is 14. The third kappa shape index (κ3) is 12.0. The molecular weight excluding hydrogens is 268 g/mol. The van der Waals surface area contributed by atoms with Crippen LogP contribution in [0.3, 0.4) is 0 Å². The molecule has 0 N–H and O–H groups in total. The molecule has 0 aliphatic rings. The SMILES string of the molecule is CCCCCCCC(C)(CCCCCC)CC(=O)C=C(C)C. The zero-order valence-corrected chi connectivity index (χ0v) is 16.0. The number of hydrogen-bond donors (Lipinski definition) is 0. The Bertz CT molecular complexity index is 312. The van der Waals surface area contributed by atoms with E-state index in [4.69, 9.17) is 0 Å². The Morgan fingerprint density at radius 2 is 1.27 bits per heavy atom. The molecule has 0 aliphatic carbocycles. The fourth-order valence-electron chi connectivity index (χ4n) is 3.23. The summed E-state index contributed by atoms with van der Waals surface area (Å²) in [4.78, 5) is 12.2. The molecule has 0 fully saturated rings. The van der Waals surface area contributed by atoms with Crippen molar-refractivity contribution in [3.63, 3.8) is 0 Å². The zero-order valence-electron chi connectivity index (χ0n) is 16.0. The first-order chi connectivity index (χ1) is 10.4. The van der Waals surface area contributed by atoms with Crippen molar-refractivity contribution >= 4 is 5.78 Å². The summed E-state index contributed by atoms with van der Waals surface area (Å²) in [6, 6.07) is 0. The van der Waals surface area contributed by atoms with Crippen LogP contribution in [0.15, 0.2) is 11.6 Å². The van der Waals surface area contributed by atoms with E-state index in [1.807, 2.05) is 19.9 Å². The van der Waals surface area contributed by atoms with Crippen LogP contribution in [0.25, 0.3) is 0 Å². The minimum absolute atomic E-state index is 0.211. The topological polar surface area (TPSA) is 17.1 Å². The van der Waals surface area contributed by atoms with Crippen LogP contribution in [0.1, 0.15) is 112 Å². The van der Waals surface area contributed by atoms with E-state index < -0.39 is 0 Å². The lowest BCUT2D eigenvalue weighted by Gasteiger charge is -2.29. The van der Waals surface area contributed by atoms with Crippen LogP contribution in [-0.4, -0.2) is 5.78 Å². The van der Waals surface area contributed by atoms with Gasteiger partial charge >= 0.3 is 0 Å². The van der Waals surface area contributed by atoms with Gasteiger partial charge in [0.25, 0.3) is 0 Å². The molecule has 0 aromatic rings. The molecule has 0 aromatic heterocycles. The average molecular weight is 309 g/mol. The Balaban J connectivity index is 4.39.